The van der Waals surface area contributed by atoms with Crippen molar-refractivity contribution in [2.75, 3.05) is 7.05 Å². The standard InChI is InChI=1S/C19H19Cl2NO/c1-12-18(23)11-17(13-3-7-15(20)8-4-13)22(2)19(12)14-5-9-16(21)10-6-14/h3-10,12,17,19H,11H2,1-2H3. The van der Waals surface area contributed by atoms with Crippen molar-refractivity contribution in [3.8, 4) is 0 Å². The fraction of sp³-hybridized carbons (Fsp3) is 0.316. The average Bonchev–Trinajstić information content (AvgIpc) is 2.54. The molecule has 4 heteroatoms. The highest BCUT2D eigenvalue weighted by molar-refractivity contribution is 6.30. The number of hydrogen-bond acceptors (Lipinski definition) is 2. The molecule has 1 heterocycles. The van der Waals surface area contributed by atoms with Crippen LogP contribution in [0.25, 0.3) is 0 Å². The molecule has 0 N–H and O–H groups in total. The number of rotatable bonds is 2. The molecule has 3 unspecified atom stereocenters. The van der Waals surface area contributed by atoms with Crippen LogP contribution in [0.15, 0.2) is 48.5 Å². The van der Waals surface area contributed by atoms with E-state index in [1.165, 1.54) is 0 Å². The molecule has 3 rings (SSSR count). The summed E-state index contributed by atoms with van der Waals surface area (Å²) in [5.41, 5.74) is 2.24. The number of carbonyl (C=O) groups excluding carboxylic acids is 1. The first-order chi connectivity index (χ1) is 11.0. The number of hydrogen-bond donors (Lipinski definition) is 0. The number of ketones is 1. The summed E-state index contributed by atoms with van der Waals surface area (Å²) < 4.78 is 0. The first kappa shape index (κ1) is 16.5. The molecule has 1 aliphatic heterocycles. The number of halogens is 2. The highest BCUT2D eigenvalue weighted by atomic mass is 35.5. The Kier molecular flexibility index (Phi) is 4.77. The third-order valence-electron chi connectivity index (χ3n) is 4.77. The van der Waals surface area contributed by atoms with Crippen LogP contribution in [0.1, 0.15) is 36.6 Å². The van der Waals surface area contributed by atoms with E-state index < -0.39 is 0 Å². The van der Waals surface area contributed by atoms with Gasteiger partial charge in [0.1, 0.15) is 5.78 Å². The van der Waals surface area contributed by atoms with Gasteiger partial charge in [-0.05, 0) is 42.4 Å². The summed E-state index contributed by atoms with van der Waals surface area (Å²) in [6.07, 6.45) is 0.531. The minimum Gasteiger partial charge on any atom is -0.299 e. The van der Waals surface area contributed by atoms with Gasteiger partial charge in [0.05, 0.1) is 0 Å². The molecule has 1 fully saturated rings. The zero-order valence-electron chi connectivity index (χ0n) is 13.2. The lowest BCUT2D eigenvalue weighted by Crippen LogP contribution is -2.42. The fourth-order valence-corrected chi connectivity index (χ4v) is 3.72. The van der Waals surface area contributed by atoms with Crippen LogP contribution < -0.4 is 0 Å². The van der Waals surface area contributed by atoms with Gasteiger partial charge in [-0.25, -0.2) is 0 Å². The topological polar surface area (TPSA) is 20.3 Å². The zero-order valence-corrected chi connectivity index (χ0v) is 14.7. The maximum atomic E-state index is 12.6. The third kappa shape index (κ3) is 3.30. The predicted octanol–water partition coefficient (Wildman–Crippen LogP) is 5.32. The van der Waals surface area contributed by atoms with Gasteiger partial charge in [-0.2, -0.15) is 0 Å². The van der Waals surface area contributed by atoms with Gasteiger partial charge in [0.15, 0.2) is 0 Å². The smallest absolute Gasteiger partial charge is 0.139 e. The number of likely N-dealkylation sites (tertiary alicyclic amines) is 1. The van der Waals surface area contributed by atoms with Gasteiger partial charge < -0.3 is 0 Å². The molecular weight excluding hydrogens is 329 g/mol. The number of nitrogens with zero attached hydrogens (tertiary/aromatic N) is 1. The van der Waals surface area contributed by atoms with Crippen LogP contribution in [0.4, 0.5) is 0 Å². The third-order valence-corrected chi connectivity index (χ3v) is 5.28. The Bertz CT molecular complexity index is 696. The minimum atomic E-state index is -0.0373. The van der Waals surface area contributed by atoms with Crippen LogP contribution in [0.5, 0.6) is 0 Å². The summed E-state index contributed by atoms with van der Waals surface area (Å²) in [5.74, 6) is 0.257. The van der Waals surface area contributed by atoms with E-state index in [1.54, 1.807) is 0 Å². The molecule has 2 aromatic carbocycles. The molecule has 3 atom stereocenters. The van der Waals surface area contributed by atoms with Gasteiger partial charge in [0.25, 0.3) is 0 Å². The molecule has 1 aliphatic rings. The summed E-state index contributed by atoms with van der Waals surface area (Å²) in [5, 5.41) is 1.42. The lowest BCUT2D eigenvalue weighted by atomic mass is 9.80. The molecule has 23 heavy (non-hydrogen) atoms. The second-order valence-electron chi connectivity index (χ2n) is 6.19. The Balaban J connectivity index is 1.96. The summed E-state index contributed by atoms with van der Waals surface area (Å²) in [6, 6.07) is 15.7. The number of Topliss-reactive ketones (excluding diaryl/α,β-unsaturated/α-hetero) is 1. The Hall–Kier alpha value is -1.35. The van der Waals surface area contributed by atoms with E-state index in [9.17, 15) is 4.79 Å². The molecule has 120 valence electrons. The van der Waals surface area contributed by atoms with E-state index in [1.807, 2.05) is 55.5 Å². The lowest BCUT2D eigenvalue weighted by molar-refractivity contribution is -0.130. The van der Waals surface area contributed by atoms with Gasteiger partial charge >= 0.3 is 0 Å². The molecule has 0 radical (unpaired) electrons. The first-order valence-electron chi connectivity index (χ1n) is 7.73. The normalized spacial score (nSPS) is 25.6. The maximum absolute atomic E-state index is 12.6. The number of carbonyl (C=O) groups is 1. The Morgan fingerprint density at radius 2 is 1.39 bits per heavy atom. The highest BCUT2D eigenvalue weighted by Gasteiger charge is 2.39. The number of benzene rings is 2. The second kappa shape index (κ2) is 6.64. The predicted molar refractivity (Wildman–Crippen MR) is 94.9 cm³/mol. The Morgan fingerprint density at radius 1 is 0.913 bits per heavy atom. The fourth-order valence-electron chi connectivity index (χ4n) is 3.46. The van der Waals surface area contributed by atoms with E-state index in [4.69, 9.17) is 23.2 Å². The summed E-state index contributed by atoms with van der Waals surface area (Å²) in [7, 11) is 2.08. The zero-order chi connectivity index (χ0) is 16.6. The van der Waals surface area contributed by atoms with E-state index in [0.717, 1.165) is 11.1 Å². The molecule has 2 aromatic rings. The van der Waals surface area contributed by atoms with E-state index in [2.05, 4.69) is 11.9 Å². The summed E-state index contributed by atoms with van der Waals surface area (Å²) >= 11 is 12.0. The summed E-state index contributed by atoms with van der Waals surface area (Å²) in [4.78, 5) is 14.9. The molecule has 0 spiro atoms. The lowest BCUT2D eigenvalue weighted by Gasteiger charge is -2.43. The molecular formula is C19H19Cl2NO. The molecule has 0 bridgehead atoms. The monoisotopic (exact) mass is 347 g/mol. The Labute approximate surface area is 147 Å². The van der Waals surface area contributed by atoms with Crippen molar-refractivity contribution in [3.05, 3.63) is 69.7 Å². The van der Waals surface area contributed by atoms with Gasteiger partial charge in [-0.1, -0.05) is 54.4 Å². The van der Waals surface area contributed by atoms with E-state index in [-0.39, 0.29) is 18.0 Å². The van der Waals surface area contributed by atoms with Gasteiger partial charge in [0.2, 0.25) is 0 Å². The van der Waals surface area contributed by atoms with Crippen molar-refractivity contribution in [3.63, 3.8) is 0 Å². The van der Waals surface area contributed by atoms with Crippen LogP contribution in [-0.2, 0) is 4.79 Å². The first-order valence-corrected chi connectivity index (χ1v) is 8.48. The van der Waals surface area contributed by atoms with Crippen molar-refractivity contribution >= 4 is 29.0 Å². The average molecular weight is 348 g/mol. The molecule has 1 saturated heterocycles. The van der Waals surface area contributed by atoms with Crippen LogP contribution in [-0.4, -0.2) is 17.7 Å². The van der Waals surface area contributed by atoms with E-state index in [0.29, 0.717) is 22.2 Å². The van der Waals surface area contributed by atoms with Gasteiger partial charge in [-0.15, -0.1) is 0 Å². The van der Waals surface area contributed by atoms with Crippen molar-refractivity contribution in [1.82, 2.24) is 4.90 Å². The number of piperidine rings is 1. The largest absolute Gasteiger partial charge is 0.299 e. The molecule has 0 saturated carbocycles. The summed E-state index contributed by atoms with van der Waals surface area (Å²) in [6.45, 7) is 2.01. The van der Waals surface area contributed by atoms with Crippen LogP contribution in [0, 0.1) is 5.92 Å². The maximum Gasteiger partial charge on any atom is 0.139 e. The molecule has 0 aliphatic carbocycles. The van der Waals surface area contributed by atoms with Crippen molar-refractivity contribution in [1.29, 1.82) is 0 Å². The van der Waals surface area contributed by atoms with Gasteiger partial charge in [-0.3, -0.25) is 9.69 Å². The SMILES string of the molecule is CC1C(=O)CC(c2ccc(Cl)cc2)N(C)C1c1ccc(Cl)cc1. The molecule has 0 aromatic heterocycles. The molecule has 0 amide bonds. The van der Waals surface area contributed by atoms with Crippen LogP contribution >= 0.6 is 23.2 Å². The highest BCUT2D eigenvalue weighted by Crippen LogP contribution is 2.42. The molecule has 2 nitrogen and oxygen atoms in total. The van der Waals surface area contributed by atoms with Crippen LogP contribution in [0.2, 0.25) is 10.0 Å². The minimum absolute atomic E-state index is 0.0373. The van der Waals surface area contributed by atoms with Crippen molar-refractivity contribution in [2.24, 2.45) is 5.92 Å². The second-order valence-corrected chi connectivity index (χ2v) is 7.06. The van der Waals surface area contributed by atoms with Crippen molar-refractivity contribution in [2.45, 2.75) is 25.4 Å². The van der Waals surface area contributed by atoms with E-state index >= 15 is 0 Å². The Morgan fingerprint density at radius 3 is 1.91 bits per heavy atom. The quantitative estimate of drug-likeness (QED) is 0.732. The van der Waals surface area contributed by atoms with Gasteiger partial charge in [0, 0.05) is 34.5 Å². The van der Waals surface area contributed by atoms with Crippen LogP contribution in [0.3, 0.4) is 0 Å². The van der Waals surface area contributed by atoms with Crippen molar-refractivity contribution < 1.29 is 4.79 Å².